The summed E-state index contributed by atoms with van der Waals surface area (Å²) in [6, 6.07) is 4.80. The molecule has 0 spiro atoms. The molecule has 0 fully saturated rings. The number of aromatic nitrogens is 2. The quantitative estimate of drug-likeness (QED) is 0.657. The number of nitro groups is 1. The molecule has 0 bridgehead atoms. The van der Waals surface area contributed by atoms with Crippen molar-refractivity contribution >= 4 is 11.4 Å². The van der Waals surface area contributed by atoms with Crippen molar-refractivity contribution in [1.82, 2.24) is 10.1 Å². The number of benzene rings is 1. The molecule has 1 aromatic carbocycles. The molecule has 1 heterocycles. The molecule has 2 aromatic rings. The predicted octanol–water partition coefficient (Wildman–Crippen LogP) is 2.64. The van der Waals surface area contributed by atoms with Gasteiger partial charge in [-0.3, -0.25) is 10.1 Å². The fourth-order valence-corrected chi connectivity index (χ4v) is 1.67. The van der Waals surface area contributed by atoms with E-state index in [1.54, 1.807) is 12.1 Å². The van der Waals surface area contributed by atoms with Gasteiger partial charge in [0, 0.05) is 24.6 Å². The molecule has 0 saturated carbocycles. The smallest absolute Gasteiger partial charge is 0.293 e. The summed E-state index contributed by atoms with van der Waals surface area (Å²) in [5.74, 6) is 0.872. The number of aryl methyl sites for hydroxylation is 1. The Morgan fingerprint density at radius 2 is 2.21 bits per heavy atom. The number of nitro benzene ring substituents is 1. The van der Waals surface area contributed by atoms with Gasteiger partial charge < -0.3 is 9.84 Å². The zero-order chi connectivity index (χ0) is 13.8. The van der Waals surface area contributed by atoms with Gasteiger partial charge in [0.25, 0.3) is 11.6 Å². The van der Waals surface area contributed by atoms with Gasteiger partial charge in [-0.1, -0.05) is 12.1 Å². The van der Waals surface area contributed by atoms with Crippen LogP contribution in [0.25, 0.3) is 11.5 Å². The molecule has 100 valence electrons. The minimum Gasteiger partial charge on any atom is -0.380 e. The number of hydrogen-bond acceptors (Lipinski definition) is 6. The Balaban J connectivity index is 2.42. The highest BCUT2D eigenvalue weighted by atomic mass is 16.6. The van der Waals surface area contributed by atoms with Crippen molar-refractivity contribution in [2.24, 2.45) is 0 Å². The maximum atomic E-state index is 11.0. The fraction of sp³-hybridized carbons (Fsp3) is 0.333. The Morgan fingerprint density at radius 1 is 1.42 bits per heavy atom. The van der Waals surface area contributed by atoms with Crippen molar-refractivity contribution < 1.29 is 9.45 Å². The van der Waals surface area contributed by atoms with Gasteiger partial charge in [-0.25, -0.2) is 0 Å². The maximum absolute atomic E-state index is 11.0. The van der Waals surface area contributed by atoms with E-state index in [0.29, 0.717) is 35.9 Å². The minimum atomic E-state index is -0.432. The van der Waals surface area contributed by atoms with Gasteiger partial charge in [-0.15, -0.1) is 0 Å². The zero-order valence-electron chi connectivity index (χ0n) is 10.7. The molecule has 7 nitrogen and oxygen atoms in total. The second-order valence-corrected chi connectivity index (χ2v) is 3.89. The third-order valence-corrected chi connectivity index (χ3v) is 2.59. The molecule has 0 aliphatic heterocycles. The van der Waals surface area contributed by atoms with Crippen LogP contribution < -0.4 is 5.32 Å². The third kappa shape index (κ3) is 2.70. The van der Waals surface area contributed by atoms with Crippen LogP contribution in [-0.2, 0) is 6.42 Å². The summed E-state index contributed by atoms with van der Waals surface area (Å²) in [6.07, 6.45) is 0.654. The standard InChI is InChI=1S/C12H14N4O3/c1-3-11-14-12(19-15-11)8-5-6-9(13-4-2)10(7-8)16(17)18/h5-7,13H,3-4H2,1-2H3. The first-order valence-corrected chi connectivity index (χ1v) is 6.01. The van der Waals surface area contributed by atoms with Gasteiger partial charge >= 0.3 is 0 Å². The molecule has 0 unspecified atom stereocenters. The SMILES string of the molecule is CCNc1ccc(-c2nc(CC)no2)cc1[N+](=O)[O-]. The highest BCUT2D eigenvalue weighted by Gasteiger charge is 2.17. The van der Waals surface area contributed by atoms with Crippen LogP contribution in [0.1, 0.15) is 19.7 Å². The molecule has 19 heavy (non-hydrogen) atoms. The van der Waals surface area contributed by atoms with E-state index in [2.05, 4.69) is 15.5 Å². The minimum absolute atomic E-state index is 0.00408. The molecule has 7 heteroatoms. The Hall–Kier alpha value is -2.44. The summed E-state index contributed by atoms with van der Waals surface area (Å²) < 4.78 is 5.07. The first-order chi connectivity index (χ1) is 9.15. The largest absolute Gasteiger partial charge is 0.380 e. The third-order valence-electron chi connectivity index (χ3n) is 2.59. The summed E-state index contributed by atoms with van der Waals surface area (Å²) in [4.78, 5) is 14.8. The molecule has 1 aromatic heterocycles. The van der Waals surface area contributed by atoms with Gasteiger partial charge in [-0.05, 0) is 19.1 Å². The second-order valence-electron chi connectivity index (χ2n) is 3.89. The molecule has 0 saturated heterocycles. The lowest BCUT2D eigenvalue weighted by Gasteiger charge is -2.04. The number of anilines is 1. The van der Waals surface area contributed by atoms with E-state index in [9.17, 15) is 10.1 Å². The normalized spacial score (nSPS) is 10.4. The van der Waals surface area contributed by atoms with E-state index >= 15 is 0 Å². The molecule has 1 N–H and O–H groups in total. The number of nitrogens with one attached hydrogen (secondary N) is 1. The maximum Gasteiger partial charge on any atom is 0.293 e. The summed E-state index contributed by atoms with van der Waals surface area (Å²) in [6.45, 7) is 4.40. The van der Waals surface area contributed by atoms with Crippen LogP contribution >= 0.6 is 0 Å². The first-order valence-electron chi connectivity index (χ1n) is 6.01. The number of rotatable bonds is 5. The van der Waals surface area contributed by atoms with E-state index in [0.717, 1.165) is 0 Å². The molecular formula is C12H14N4O3. The van der Waals surface area contributed by atoms with E-state index in [1.165, 1.54) is 6.07 Å². The van der Waals surface area contributed by atoms with Crippen LogP contribution in [0.2, 0.25) is 0 Å². The number of nitrogens with zero attached hydrogens (tertiary/aromatic N) is 3. The Labute approximate surface area is 109 Å². The van der Waals surface area contributed by atoms with Gasteiger partial charge in [0.1, 0.15) is 5.69 Å². The summed E-state index contributed by atoms with van der Waals surface area (Å²) in [7, 11) is 0. The van der Waals surface area contributed by atoms with Crippen LogP contribution in [0.4, 0.5) is 11.4 Å². The highest BCUT2D eigenvalue weighted by Crippen LogP contribution is 2.29. The van der Waals surface area contributed by atoms with Gasteiger partial charge in [0.2, 0.25) is 0 Å². The summed E-state index contributed by atoms with van der Waals surface area (Å²) in [5.41, 5.74) is 1.02. The van der Waals surface area contributed by atoms with E-state index in [1.807, 2.05) is 13.8 Å². The van der Waals surface area contributed by atoms with E-state index in [-0.39, 0.29) is 5.69 Å². The van der Waals surface area contributed by atoms with Gasteiger partial charge in [0.05, 0.1) is 4.92 Å². The van der Waals surface area contributed by atoms with Crippen molar-refractivity contribution in [2.45, 2.75) is 20.3 Å². The Morgan fingerprint density at radius 3 is 2.79 bits per heavy atom. The Kier molecular flexibility index (Phi) is 3.74. The van der Waals surface area contributed by atoms with Crippen LogP contribution in [0.15, 0.2) is 22.7 Å². The van der Waals surface area contributed by atoms with Crippen LogP contribution in [-0.4, -0.2) is 21.6 Å². The first kappa shape index (κ1) is 13.0. The molecule has 0 aliphatic carbocycles. The van der Waals surface area contributed by atoms with Gasteiger partial charge in [0.15, 0.2) is 5.82 Å². The topological polar surface area (TPSA) is 94.1 Å². The van der Waals surface area contributed by atoms with Gasteiger partial charge in [-0.2, -0.15) is 4.98 Å². The van der Waals surface area contributed by atoms with Crippen LogP contribution in [0, 0.1) is 10.1 Å². The van der Waals surface area contributed by atoms with Crippen LogP contribution in [0.3, 0.4) is 0 Å². The number of hydrogen-bond donors (Lipinski definition) is 1. The van der Waals surface area contributed by atoms with Crippen LogP contribution in [0.5, 0.6) is 0 Å². The second kappa shape index (κ2) is 5.47. The lowest BCUT2D eigenvalue weighted by Crippen LogP contribution is -2.01. The molecule has 2 rings (SSSR count). The summed E-state index contributed by atoms with van der Waals surface area (Å²) >= 11 is 0. The molecule has 0 radical (unpaired) electrons. The molecule has 0 aliphatic rings. The monoisotopic (exact) mass is 262 g/mol. The molecule has 0 atom stereocenters. The molecule has 0 amide bonds. The van der Waals surface area contributed by atoms with Crippen molar-refractivity contribution in [3.05, 3.63) is 34.1 Å². The van der Waals surface area contributed by atoms with E-state index in [4.69, 9.17) is 4.52 Å². The highest BCUT2D eigenvalue weighted by molar-refractivity contribution is 5.69. The van der Waals surface area contributed by atoms with Crippen molar-refractivity contribution in [3.8, 4) is 11.5 Å². The molecular weight excluding hydrogens is 248 g/mol. The average molecular weight is 262 g/mol. The summed E-state index contributed by atoms with van der Waals surface area (Å²) in [5, 5.41) is 17.8. The van der Waals surface area contributed by atoms with E-state index < -0.39 is 4.92 Å². The fourth-order valence-electron chi connectivity index (χ4n) is 1.67. The van der Waals surface area contributed by atoms with Crippen molar-refractivity contribution in [3.63, 3.8) is 0 Å². The lowest BCUT2D eigenvalue weighted by atomic mass is 10.1. The zero-order valence-corrected chi connectivity index (χ0v) is 10.7. The Bertz CT molecular complexity index is 594. The average Bonchev–Trinajstić information content (AvgIpc) is 2.88. The van der Waals surface area contributed by atoms with Crippen molar-refractivity contribution in [2.75, 3.05) is 11.9 Å². The van der Waals surface area contributed by atoms with Crippen molar-refractivity contribution in [1.29, 1.82) is 0 Å². The lowest BCUT2D eigenvalue weighted by molar-refractivity contribution is -0.383. The predicted molar refractivity (Wildman–Crippen MR) is 69.9 cm³/mol.